The Bertz CT molecular complexity index is 408. The van der Waals surface area contributed by atoms with Gasteiger partial charge in [0.2, 0.25) is 0 Å². The van der Waals surface area contributed by atoms with E-state index in [1.54, 1.807) is 0 Å². The fourth-order valence-corrected chi connectivity index (χ4v) is 1.64. The molecule has 1 aromatic rings. The lowest BCUT2D eigenvalue weighted by atomic mass is 9.86. The topological polar surface area (TPSA) is 63.6 Å². The van der Waals surface area contributed by atoms with Gasteiger partial charge in [-0.1, -0.05) is 44.2 Å². The molecule has 84 valence electrons. The van der Waals surface area contributed by atoms with Crippen molar-refractivity contribution in [3.8, 4) is 0 Å². The second-order valence-electron chi connectivity index (χ2n) is 3.94. The molecule has 0 unspecified atom stereocenters. The predicted octanol–water partition coefficient (Wildman–Crippen LogP) is 1.78. The summed E-state index contributed by atoms with van der Waals surface area (Å²) >= 11 is 0. The van der Waals surface area contributed by atoms with Gasteiger partial charge in [0.25, 0.3) is 0 Å². The molecule has 1 aromatic carbocycles. The van der Waals surface area contributed by atoms with Crippen LogP contribution in [-0.4, -0.2) is 19.6 Å². The summed E-state index contributed by atoms with van der Waals surface area (Å²) in [6.45, 7) is 3.59. The predicted molar refractivity (Wildman–Crippen MR) is 57.0 cm³/mol. The summed E-state index contributed by atoms with van der Waals surface area (Å²) < 4.78 is 33.7. The molecule has 0 atom stereocenters. The molecule has 0 aliphatic heterocycles. The average Bonchev–Trinajstić information content (AvgIpc) is 2.16. The lowest BCUT2D eigenvalue weighted by molar-refractivity contribution is 0.215. The maximum Gasteiger partial charge on any atom is 0.397 e. The highest BCUT2D eigenvalue weighted by molar-refractivity contribution is 7.80. The molecule has 0 saturated carbocycles. The Labute approximate surface area is 89.8 Å². The van der Waals surface area contributed by atoms with Crippen molar-refractivity contribution in [1.82, 2.24) is 0 Å². The van der Waals surface area contributed by atoms with Crippen molar-refractivity contribution < 1.29 is 17.2 Å². The summed E-state index contributed by atoms with van der Waals surface area (Å²) in [4.78, 5) is 0. The SMILES string of the molecule is CC(C)(COS(=O)(=O)O)c1ccccc1. The van der Waals surface area contributed by atoms with Crippen LogP contribution in [0.5, 0.6) is 0 Å². The van der Waals surface area contributed by atoms with Gasteiger partial charge in [0, 0.05) is 5.41 Å². The van der Waals surface area contributed by atoms with Gasteiger partial charge in [-0.25, -0.2) is 4.18 Å². The second-order valence-corrected chi connectivity index (χ2v) is 5.03. The highest BCUT2D eigenvalue weighted by atomic mass is 32.3. The molecule has 0 aliphatic rings. The van der Waals surface area contributed by atoms with Crippen LogP contribution in [0.3, 0.4) is 0 Å². The molecule has 0 amide bonds. The Balaban J connectivity index is 2.76. The quantitative estimate of drug-likeness (QED) is 0.801. The molecule has 1 rings (SSSR count). The maximum atomic E-state index is 10.4. The molecule has 0 saturated heterocycles. The zero-order chi connectivity index (χ0) is 11.5. The van der Waals surface area contributed by atoms with Crippen molar-refractivity contribution in [2.75, 3.05) is 6.61 Å². The molecule has 0 aromatic heterocycles. The van der Waals surface area contributed by atoms with Gasteiger partial charge in [0.1, 0.15) is 0 Å². The Morgan fingerprint density at radius 3 is 2.27 bits per heavy atom. The number of rotatable bonds is 4. The van der Waals surface area contributed by atoms with Crippen LogP contribution in [0.4, 0.5) is 0 Å². The van der Waals surface area contributed by atoms with E-state index in [9.17, 15) is 8.42 Å². The van der Waals surface area contributed by atoms with E-state index >= 15 is 0 Å². The van der Waals surface area contributed by atoms with E-state index in [1.165, 1.54) is 0 Å². The smallest absolute Gasteiger partial charge is 0.264 e. The van der Waals surface area contributed by atoms with Crippen LogP contribution < -0.4 is 0 Å². The van der Waals surface area contributed by atoms with E-state index in [0.717, 1.165) is 5.56 Å². The first-order chi connectivity index (χ1) is 6.81. The van der Waals surface area contributed by atoms with Crippen LogP contribution in [0, 0.1) is 0 Å². The van der Waals surface area contributed by atoms with Crippen molar-refractivity contribution in [2.24, 2.45) is 0 Å². The Hall–Kier alpha value is -0.910. The van der Waals surface area contributed by atoms with Crippen molar-refractivity contribution in [2.45, 2.75) is 19.3 Å². The van der Waals surface area contributed by atoms with Crippen LogP contribution in [-0.2, 0) is 20.0 Å². The van der Waals surface area contributed by atoms with Crippen LogP contribution >= 0.6 is 0 Å². The summed E-state index contributed by atoms with van der Waals surface area (Å²) in [6.07, 6.45) is 0. The monoisotopic (exact) mass is 230 g/mol. The van der Waals surface area contributed by atoms with Gasteiger partial charge >= 0.3 is 10.4 Å². The van der Waals surface area contributed by atoms with Crippen molar-refractivity contribution in [1.29, 1.82) is 0 Å². The molecule has 0 aliphatic carbocycles. The number of hydrogen-bond donors (Lipinski definition) is 1. The van der Waals surface area contributed by atoms with Crippen molar-refractivity contribution in [3.05, 3.63) is 35.9 Å². The summed E-state index contributed by atoms with van der Waals surface area (Å²) in [5.74, 6) is 0. The molecule has 0 spiro atoms. The van der Waals surface area contributed by atoms with E-state index in [2.05, 4.69) is 4.18 Å². The highest BCUT2D eigenvalue weighted by Crippen LogP contribution is 2.23. The maximum absolute atomic E-state index is 10.4. The number of hydrogen-bond acceptors (Lipinski definition) is 3. The van der Waals surface area contributed by atoms with Crippen LogP contribution in [0.25, 0.3) is 0 Å². The van der Waals surface area contributed by atoms with Crippen LogP contribution in [0.15, 0.2) is 30.3 Å². The summed E-state index contributed by atoms with van der Waals surface area (Å²) in [5.41, 5.74) is 0.491. The second kappa shape index (κ2) is 4.30. The lowest BCUT2D eigenvalue weighted by Gasteiger charge is -2.23. The summed E-state index contributed by atoms with van der Waals surface area (Å²) in [7, 11) is -4.37. The third-order valence-corrected chi connectivity index (χ3v) is 2.54. The van der Waals surface area contributed by atoms with Gasteiger partial charge in [-0.15, -0.1) is 0 Å². The van der Waals surface area contributed by atoms with Crippen LogP contribution in [0.1, 0.15) is 19.4 Å². The lowest BCUT2D eigenvalue weighted by Crippen LogP contribution is -2.26. The van der Waals surface area contributed by atoms with Crippen molar-refractivity contribution in [3.63, 3.8) is 0 Å². The third-order valence-electron chi connectivity index (χ3n) is 2.12. The molecule has 1 N–H and O–H groups in total. The third kappa shape index (κ3) is 3.99. The Morgan fingerprint density at radius 2 is 1.80 bits per heavy atom. The van der Waals surface area contributed by atoms with Gasteiger partial charge in [-0.2, -0.15) is 8.42 Å². The largest absolute Gasteiger partial charge is 0.397 e. The molecular formula is C10H14O4S. The first-order valence-corrected chi connectivity index (χ1v) is 5.85. The zero-order valence-electron chi connectivity index (χ0n) is 8.67. The molecule has 0 fully saturated rings. The van der Waals surface area contributed by atoms with Gasteiger partial charge in [0.05, 0.1) is 6.61 Å². The summed E-state index contributed by atoms with van der Waals surface area (Å²) in [5, 5.41) is 0. The van der Waals surface area contributed by atoms with Gasteiger partial charge < -0.3 is 0 Å². The fraction of sp³-hybridized carbons (Fsp3) is 0.400. The van der Waals surface area contributed by atoms with E-state index in [4.69, 9.17) is 4.55 Å². The Kier molecular flexibility index (Phi) is 3.49. The fourth-order valence-electron chi connectivity index (χ4n) is 1.19. The minimum atomic E-state index is -4.37. The highest BCUT2D eigenvalue weighted by Gasteiger charge is 2.23. The normalized spacial score (nSPS) is 12.7. The molecule has 15 heavy (non-hydrogen) atoms. The molecule has 5 heteroatoms. The van der Waals surface area contributed by atoms with E-state index < -0.39 is 15.8 Å². The zero-order valence-corrected chi connectivity index (χ0v) is 9.49. The number of benzene rings is 1. The molecule has 0 heterocycles. The first kappa shape index (κ1) is 12.2. The average molecular weight is 230 g/mol. The standard InChI is InChI=1S/C10H14O4S/c1-10(2,8-14-15(11,12)13)9-6-4-3-5-7-9/h3-7H,8H2,1-2H3,(H,11,12,13). The van der Waals surface area contributed by atoms with Crippen molar-refractivity contribution >= 4 is 10.4 Å². The van der Waals surface area contributed by atoms with E-state index in [0.29, 0.717) is 0 Å². The molecule has 0 radical (unpaired) electrons. The molecule has 0 bridgehead atoms. The van der Waals surface area contributed by atoms with E-state index in [1.807, 2.05) is 44.2 Å². The minimum Gasteiger partial charge on any atom is -0.264 e. The van der Waals surface area contributed by atoms with Crippen LogP contribution in [0.2, 0.25) is 0 Å². The minimum absolute atomic E-state index is 0.0875. The molecular weight excluding hydrogens is 216 g/mol. The van der Waals surface area contributed by atoms with Gasteiger partial charge in [-0.3, -0.25) is 4.55 Å². The van der Waals surface area contributed by atoms with Gasteiger partial charge in [-0.05, 0) is 5.56 Å². The van der Waals surface area contributed by atoms with Gasteiger partial charge in [0.15, 0.2) is 0 Å². The summed E-state index contributed by atoms with van der Waals surface area (Å²) in [6, 6.07) is 9.37. The molecule has 4 nitrogen and oxygen atoms in total. The Morgan fingerprint density at radius 1 is 1.27 bits per heavy atom. The van der Waals surface area contributed by atoms with E-state index in [-0.39, 0.29) is 6.61 Å². The first-order valence-electron chi connectivity index (χ1n) is 4.49.